The number of quaternary nitrogens is 1. The molecule has 0 spiro atoms. The highest BCUT2D eigenvalue weighted by molar-refractivity contribution is 5.25. The van der Waals surface area contributed by atoms with Crippen molar-refractivity contribution in [1.82, 2.24) is 0 Å². The van der Waals surface area contributed by atoms with Crippen LogP contribution in [0.4, 0.5) is 0 Å². The van der Waals surface area contributed by atoms with Gasteiger partial charge in [-0.05, 0) is 18.4 Å². The van der Waals surface area contributed by atoms with Gasteiger partial charge in [0.1, 0.15) is 0 Å². The largest absolute Gasteiger partial charge is 0.395 e. The summed E-state index contributed by atoms with van der Waals surface area (Å²) in [5.74, 6) is 0. The van der Waals surface area contributed by atoms with Crippen LogP contribution >= 0.6 is 0 Å². The van der Waals surface area contributed by atoms with Crippen LogP contribution in [0.5, 0.6) is 0 Å². The van der Waals surface area contributed by atoms with Crippen molar-refractivity contribution in [3.8, 4) is 0 Å². The molecule has 1 atom stereocenters. The smallest absolute Gasteiger partial charge is 0.0792 e. The van der Waals surface area contributed by atoms with E-state index in [0.717, 1.165) is 23.9 Å². The van der Waals surface area contributed by atoms with Crippen LogP contribution in [-0.2, 0) is 5.41 Å². The van der Waals surface area contributed by atoms with Gasteiger partial charge < -0.3 is 9.59 Å². The van der Waals surface area contributed by atoms with Gasteiger partial charge in [-0.25, -0.2) is 0 Å². The van der Waals surface area contributed by atoms with Crippen LogP contribution in [0.3, 0.4) is 0 Å². The Morgan fingerprint density at radius 1 is 1.12 bits per heavy atom. The Kier molecular flexibility index (Phi) is 3.55. The van der Waals surface area contributed by atoms with E-state index in [2.05, 4.69) is 38.4 Å². The van der Waals surface area contributed by atoms with Gasteiger partial charge in [0.25, 0.3) is 0 Å². The summed E-state index contributed by atoms with van der Waals surface area (Å²) in [6, 6.07) is 10.5. The van der Waals surface area contributed by atoms with E-state index < -0.39 is 0 Å². The second-order valence-corrected chi connectivity index (χ2v) is 6.04. The summed E-state index contributed by atoms with van der Waals surface area (Å²) in [5.41, 5.74) is 1.30. The highest BCUT2D eigenvalue weighted by atomic mass is 16.3. The van der Waals surface area contributed by atoms with E-state index in [4.69, 9.17) is 0 Å². The second kappa shape index (κ2) is 4.79. The molecule has 0 radical (unpaired) electrons. The molecule has 1 heterocycles. The number of rotatable bonds is 2. The van der Waals surface area contributed by atoms with Gasteiger partial charge in [-0.15, -0.1) is 0 Å². The van der Waals surface area contributed by atoms with Gasteiger partial charge in [-0.2, -0.15) is 0 Å². The molecule has 1 fully saturated rings. The van der Waals surface area contributed by atoms with Crippen molar-refractivity contribution in [1.29, 1.82) is 0 Å². The van der Waals surface area contributed by atoms with E-state index in [9.17, 15) is 5.11 Å². The van der Waals surface area contributed by atoms with Crippen molar-refractivity contribution in [2.45, 2.75) is 24.7 Å². The van der Waals surface area contributed by atoms with Crippen molar-refractivity contribution in [3.05, 3.63) is 35.9 Å². The van der Waals surface area contributed by atoms with E-state index >= 15 is 0 Å². The van der Waals surface area contributed by atoms with Gasteiger partial charge in [0.2, 0.25) is 0 Å². The van der Waals surface area contributed by atoms with Gasteiger partial charge in [0.15, 0.2) is 0 Å². The molecule has 0 amide bonds. The van der Waals surface area contributed by atoms with E-state index in [-0.39, 0.29) is 12.0 Å². The van der Waals surface area contributed by atoms with Gasteiger partial charge in [0, 0.05) is 11.8 Å². The third-order valence-corrected chi connectivity index (χ3v) is 4.30. The van der Waals surface area contributed by atoms with Gasteiger partial charge in [0.05, 0.1) is 33.8 Å². The summed E-state index contributed by atoms with van der Waals surface area (Å²) in [7, 11) is 4.58. The van der Waals surface area contributed by atoms with Gasteiger partial charge >= 0.3 is 0 Å². The third kappa shape index (κ3) is 2.70. The van der Waals surface area contributed by atoms with Crippen LogP contribution in [0.1, 0.15) is 24.8 Å². The van der Waals surface area contributed by atoms with Crippen LogP contribution in [0.25, 0.3) is 0 Å². The van der Waals surface area contributed by atoms with Crippen LogP contribution < -0.4 is 0 Å². The fraction of sp³-hybridized carbons (Fsp3) is 0.600. The van der Waals surface area contributed by atoms with E-state index in [1.54, 1.807) is 0 Å². The van der Waals surface area contributed by atoms with Crippen LogP contribution in [0, 0.1) is 0 Å². The maximum Gasteiger partial charge on any atom is 0.0792 e. The fourth-order valence-corrected chi connectivity index (χ4v) is 2.93. The summed E-state index contributed by atoms with van der Waals surface area (Å²) in [6.45, 7) is 2.64. The zero-order valence-electron chi connectivity index (χ0n) is 11.0. The van der Waals surface area contributed by atoms with Gasteiger partial charge in [-0.3, -0.25) is 0 Å². The molecule has 1 aliphatic rings. The van der Waals surface area contributed by atoms with E-state index in [0.29, 0.717) is 0 Å². The number of benzene rings is 1. The maximum absolute atomic E-state index is 9.88. The maximum atomic E-state index is 9.88. The molecule has 94 valence electrons. The third-order valence-electron chi connectivity index (χ3n) is 4.30. The molecule has 1 aromatic carbocycles. The van der Waals surface area contributed by atoms with Crippen LogP contribution in [-0.4, -0.2) is 43.4 Å². The van der Waals surface area contributed by atoms with Crippen molar-refractivity contribution in [2.24, 2.45) is 0 Å². The first-order valence-electron chi connectivity index (χ1n) is 6.56. The topological polar surface area (TPSA) is 20.2 Å². The monoisotopic (exact) mass is 234 g/mol. The average molecular weight is 234 g/mol. The molecular weight excluding hydrogens is 210 g/mol. The average Bonchev–Trinajstić information content (AvgIpc) is 2.50. The number of aliphatic hydroxyl groups excluding tert-OH is 1. The number of hydrogen-bond acceptors (Lipinski definition) is 1. The normalized spacial score (nSPS) is 28.6. The Bertz CT molecular complexity index is 360. The Hall–Kier alpha value is -0.860. The first-order valence-corrected chi connectivity index (χ1v) is 6.56. The quantitative estimate of drug-likeness (QED) is 0.778. The Morgan fingerprint density at radius 3 is 2.47 bits per heavy atom. The Morgan fingerprint density at radius 2 is 1.82 bits per heavy atom. The van der Waals surface area contributed by atoms with Crippen molar-refractivity contribution in [3.63, 3.8) is 0 Å². The molecule has 1 aromatic rings. The molecule has 2 heteroatoms. The Balaban J connectivity index is 2.26. The number of likely N-dealkylation sites (tertiary alicyclic amines) is 1. The molecule has 2 nitrogen and oxygen atoms in total. The number of nitrogens with zero attached hydrogens (tertiary/aromatic N) is 1. The molecule has 0 aliphatic carbocycles. The van der Waals surface area contributed by atoms with Gasteiger partial charge in [-0.1, -0.05) is 30.3 Å². The van der Waals surface area contributed by atoms with Crippen LogP contribution in [0.15, 0.2) is 30.3 Å². The first-order chi connectivity index (χ1) is 8.08. The van der Waals surface area contributed by atoms with Crippen molar-refractivity contribution < 1.29 is 9.59 Å². The molecule has 0 saturated carbocycles. The molecule has 1 aliphatic heterocycles. The molecule has 17 heavy (non-hydrogen) atoms. The molecule has 0 unspecified atom stereocenters. The SMILES string of the molecule is C[N+]1(C)CCC[C@](CO)(c2ccccc2)CC1. The minimum absolute atomic E-state index is 0.00667. The lowest BCUT2D eigenvalue weighted by molar-refractivity contribution is -0.889. The van der Waals surface area contributed by atoms with E-state index in [1.807, 2.05) is 6.07 Å². The number of aliphatic hydroxyl groups is 1. The van der Waals surface area contributed by atoms with Crippen LogP contribution in [0.2, 0.25) is 0 Å². The molecule has 1 saturated heterocycles. The summed E-state index contributed by atoms with van der Waals surface area (Å²) < 4.78 is 1.08. The molecule has 2 rings (SSSR count). The lowest BCUT2D eigenvalue weighted by atomic mass is 9.75. The van der Waals surface area contributed by atoms with Crippen molar-refractivity contribution >= 4 is 0 Å². The van der Waals surface area contributed by atoms with Crippen molar-refractivity contribution in [2.75, 3.05) is 33.8 Å². The minimum Gasteiger partial charge on any atom is -0.395 e. The molecule has 0 bridgehead atoms. The lowest BCUT2D eigenvalue weighted by Gasteiger charge is -2.32. The molecule has 0 aromatic heterocycles. The first kappa shape index (κ1) is 12.6. The summed E-state index contributed by atoms with van der Waals surface area (Å²) in [4.78, 5) is 0. The predicted octanol–water partition coefficient (Wildman–Crippen LogP) is 2.18. The zero-order chi connectivity index (χ0) is 12.4. The highest BCUT2D eigenvalue weighted by Gasteiger charge is 2.36. The van der Waals surface area contributed by atoms with E-state index in [1.165, 1.54) is 18.5 Å². The summed E-state index contributed by atoms with van der Waals surface area (Å²) in [6.07, 6.45) is 3.39. The summed E-state index contributed by atoms with van der Waals surface area (Å²) >= 11 is 0. The minimum atomic E-state index is -0.00667. The highest BCUT2D eigenvalue weighted by Crippen LogP contribution is 2.35. The predicted molar refractivity (Wildman–Crippen MR) is 70.9 cm³/mol. The summed E-state index contributed by atoms with van der Waals surface area (Å²) in [5, 5.41) is 9.88. The zero-order valence-corrected chi connectivity index (χ0v) is 11.0. The Labute approximate surface area is 104 Å². The fourth-order valence-electron chi connectivity index (χ4n) is 2.93. The lowest BCUT2D eigenvalue weighted by Crippen LogP contribution is -2.41. The molecule has 1 N–H and O–H groups in total. The molecular formula is C15H24NO+. The standard InChI is InChI=1S/C15H24NO/c1-16(2)11-6-9-15(13-17,10-12-16)14-7-4-3-5-8-14/h3-5,7-8,17H,6,9-13H2,1-2H3/q+1/t15-/m0/s1. The second-order valence-electron chi connectivity index (χ2n) is 6.04. The number of hydrogen-bond donors (Lipinski definition) is 1.